The van der Waals surface area contributed by atoms with Gasteiger partial charge >= 0.3 is 0 Å². The number of ether oxygens (including phenoxy) is 8. The fourth-order valence-electron chi connectivity index (χ4n) is 4.71. The molecule has 2 atom stereocenters. The Morgan fingerprint density at radius 3 is 1.27 bits per heavy atom. The highest BCUT2D eigenvalue weighted by Gasteiger charge is 2.27. The van der Waals surface area contributed by atoms with E-state index in [1.54, 1.807) is 21.3 Å². The van der Waals surface area contributed by atoms with Crippen molar-refractivity contribution in [2.24, 2.45) is 5.92 Å². The van der Waals surface area contributed by atoms with E-state index in [1.165, 1.54) is 12.8 Å². The lowest BCUT2D eigenvalue weighted by Crippen LogP contribution is -2.09. The lowest BCUT2D eigenvalue weighted by Gasteiger charge is -2.23. The highest BCUT2D eigenvalue weighted by Crippen LogP contribution is 2.43. The molecule has 212 valence electrons. The Morgan fingerprint density at radius 1 is 0.575 bits per heavy atom. The highest BCUT2D eigenvalue weighted by atomic mass is 16.6. The van der Waals surface area contributed by atoms with Gasteiger partial charge in [0.2, 0.25) is 0 Å². The number of rotatable bonds is 15. The predicted octanol–water partition coefficient (Wildman–Crippen LogP) is 5.24. The first kappa shape index (κ1) is 26.6. The van der Waals surface area contributed by atoms with Crippen LogP contribution in [0.4, 0.5) is 0 Å². The van der Waals surface area contributed by atoms with Gasteiger partial charge in [0, 0.05) is 5.92 Å². The summed E-state index contributed by atoms with van der Waals surface area (Å²) in [5.74, 6) is 4.65. The van der Waals surface area contributed by atoms with Crippen LogP contribution in [-0.2, 0) is 9.47 Å². The summed E-state index contributed by atoms with van der Waals surface area (Å²) in [7, 11) is 4.99. The molecule has 0 N–H and O–H groups in total. The van der Waals surface area contributed by atoms with Crippen LogP contribution in [-0.4, -0.2) is 66.6 Å². The quantitative estimate of drug-likeness (QED) is 0.189. The average molecular weight is 549 g/mol. The van der Waals surface area contributed by atoms with Crippen LogP contribution in [0.25, 0.3) is 0 Å². The molecule has 3 aliphatic rings. The molecule has 3 aromatic carbocycles. The maximum atomic E-state index is 6.09. The average Bonchev–Trinajstić information content (AvgIpc) is 3.82. The van der Waals surface area contributed by atoms with Crippen molar-refractivity contribution < 1.29 is 37.9 Å². The SMILES string of the molecule is COc1cc(C(c2ccc(OCC3CO3)c(OC)c2)c2ccc(OCC3CO3)c(OC)c2)ccc1OCC1CC1. The van der Waals surface area contributed by atoms with Gasteiger partial charge in [0.15, 0.2) is 34.5 Å². The number of benzene rings is 3. The molecule has 8 heteroatoms. The summed E-state index contributed by atoms with van der Waals surface area (Å²) in [6, 6.07) is 18.3. The molecule has 0 radical (unpaired) electrons. The molecule has 2 heterocycles. The van der Waals surface area contributed by atoms with E-state index in [0.717, 1.165) is 35.7 Å². The molecule has 2 saturated heterocycles. The van der Waals surface area contributed by atoms with Gasteiger partial charge in [-0.05, 0) is 71.8 Å². The van der Waals surface area contributed by atoms with E-state index in [4.69, 9.17) is 37.9 Å². The molecule has 0 amide bonds. The van der Waals surface area contributed by atoms with Crippen molar-refractivity contribution in [1.29, 1.82) is 0 Å². The Bertz CT molecular complexity index is 1150. The second kappa shape index (κ2) is 11.9. The minimum Gasteiger partial charge on any atom is -0.493 e. The molecule has 1 aliphatic carbocycles. The second-order valence-electron chi connectivity index (χ2n) is 10.5. The van der Waals surface area contributed by atoms with Crippen LogP contribution in [0.5, 0.6) is 34.5 Å². The smallest absolute Gasteiger partial charge is 0.161 e. The first-order chi connectivity index (χ1) is 19.6. The zero-order valence-electron chi connectivity index (χ0n) is 23.2. The number of epoxide rings is 2. The van der Waals surface area contributed by atoms with E-state index < -0.39 is 0 Å². The molecule has 2 aliphatic heterocycles. The van der Waals surface area contributed by atoms with Crippen molar-refractivity contribution in [2.75, 3.05) is 54.4 Å². The predicted molar refractivity (Wildman–Crippen MR) is 149 cm³/mol. The van der Waals surface area contributed by atoms with Crippen molar-refractivity contribution in [3.05, 3.63) is 71.3 Å². The van der Waals surface area contributed by atoms with Crippen LogP contribution in [0, 0.1) is 5.92 Å². The van der Waals surface area contributed by atoms with E-state index in [1.807, 2.05) is 30.3 Å². The van der Waals surface area contributed by atoms with Gasteiger partial charge in [0.1, 0.15) is 25.4 Å². The Labute approximate surface area is 235 Å². The summed E-state index contributed by atoms with van der Waals surface area (Å²) in [6.07, 6.45) is 2.77. The van der Waals surface area contributed by atoms with Crippen LogP contribution in [0.15, 0.2) is 54.6 Å². The Morgan fingerprint density at radius 2 is 0.950 bits per heavy atom. The van der Waals surface area contributed by atoms with E-state index in [2.05, 4.69) is 24.3 Å². The van der Waals surface area contributed by atoms with Crippen molar-refractivity contribution >= 4 is 0 Å². The normalized spacial score (nSPS) is 19.9. The third-order valence-corrected chi connectivity index (χ3v) is 7.39. The summed E-state index contributed by atoms with van der Waals surface area (Å²) in [5, 5.41) is 0. The standard InChI is InChI=1S/C32H36O8/c1-33-29-12-21(6-9-26(29)38-15-20-4-5-20)32(22-7-10-27(30(13-22)34-2)39-18-24-16-36-24)23-8-11-28(31(14-23)35-3)40-19-25-17-37-25/h6-14,20,24-25,32H,4-5,15-19H2,1-3H3. The summed E-state index contributed by atoms with van der Waals surface area (Å²) in [4.78, 5) is 0. The van der Waals surface area contributed by atoms with Crippen LogP contribution >= 0.6 is 0 Å². The summed E-state index contributed by atoms with van der Waals surface area (Å²) in [5.41, 5.74) is 3.10. The number of hydrogen-bond donors (Lipinski definition) is 0. The third kappa shape index (κ3) is 6.40. The summed E-state index contributed by atoms with van der Waals surface area (Å²) in [6.45, 7) is 3.19. The molecule has 3 fully saturated rings. The number of methoxy groups -OCH3 is 3. The fourth-order valence-corrected chi connectivity index (χ4v) is 4.71. The Balaban J connectivity index is 1.36. The molecule has 0 aromatic heterocycles. The van der Waals surface area contributed by atoms with Gasteiger partial charge in [-0.1, -0.05) is 18.2 Å². The van der Waals surface area contributed by atoms with E-state index in [9.17, 15) is 0 Å². The fraction of sp³-hybridized carbons (Fsp3) is 0.438. The monoisotopic (exact) mass is 548 g/mol. The molecule has 6 rings (SSSR count). The van der Waals surface area contributed by atoms with Gasteiger partial charge < -0.3 is 37.9 Å². The van der Waals surface area contributed by atoms with Crippen LogP contribution < -0.4 is 28.4 Å². The third-order valence-electron chi connectivity index (χ3n) is 7.39. The molecule has 0 bridgehead atoms. The second-order valence-corrected chi connectivity index (χ2v) is 10.5. The molecule has 8 nitrogen and oxygen atoms in total. The van der Waals surface area contributed by atoms with Crippen LogP contribution in [0.3, 0.4) is 0 Å². The topological polar surface area (TPSA) is 80.4 Å². The molecular formula is C32H36O8. The molecule has 40 heavy (non-hydrogen) atoms. The van der Waals surface area contributed by atoms with Gasteiger partial charge in [-0.3, -0.25) is 0 Å². The minimum absolute atomic E-state index is 0.157. The molecule has 3 aromatic rings. The van der Waals surface area contributed by atoms with Gasteiger partial charge in [-0.15, -0.1) is 0 Å². The van der Waals surface area contributed by atoms with Crippen molar-refractivity contribution in [2.45, 2.75) is 31.0 Å². The van der Waals surface area contributed by atoms with Gasteiger partial charge in [-0.2, -0.15) is 0 Å². The largest absolute Gasteiger partial charge is 0.493 e. The Hall–Kier alpha value is -3.62. The van der Waals surface area contributed by atoms with Gasteiger partial charge in [0.05, 0.1) is 41.2 Å². The first-order valence-corrected chi connectivity index (χ1v) is 13.8. The molecule has 1 saturated carbocycles. The maximum Gasteiger partial charge on any atom is 0.161 e. The lowest BCUT2D eigenvalue weighted by atomic mass is 9.84. The highest BCUT2D eigenvalue weighted by molar-refractivity contribution is 5.55. The summed E-state index contributed by atoms with van der Waals surface area (Å²) < 4.78 is 45.9. The zero-order chi connectivity index (χ0) is 27.5. The zero-order valence-corrected chi connectivity index (χ0v) is 23.2. The van der Waals surface area contributed by atoms with Crippen molar-refractivity contribution in [3.8, 4) is 34.5 Å². The van der Waals surface area contributed by atoms with Gasteiger partial charge in [-0.25, -0.2) is 0 Å². The molecular weight excluding hydrogens is 512 g/mol. The van der Waals surface area contributed by atoms with Crippen molar-refractivity contribution in [1.82, 2.24) is 0 Å². The van der Waals surface area contributed by atoms with E-state index >= 15 is 0 Å². The van der Waals surface area contributed by atoms with Crippen molar-refractivity contribution in [3.63, 3.8) is 0 Å². The maximum absolute atomic E-state index is 6.09. The first-order valence-electron chi connectivity index (χ1n) is 13.8. The molecule has 2 unspecified atom stereocenters. The van der Waals surface area contributed by atoms with Crippen LogP contribution in [0.1, 0.15) is 35.4 Å². The molecule has 0 spiro atoms. The number of hydrogen-bond acceptors (Lipinski definition) is 8. The van der Waals surface area contributed by atoms with E-state index in [-0.39, 0.29) is 18.1 Å². The summed E-state index contributed by atoms with van der Waals surface area (Å²) >= 11 is 0. The lowest BCUT2D eigenvalue weighted by molar-refractivity contribution is 0.251. The Kier molecular flexibility index (Phi) is 7.89. The minimum atomic E-state index is -0.157. The van der Waals surface area contributed by atoms with Crippen LogP contribution in [0.2, 0.25) is 0 Å². The van der Waals surface area contributed by atoms with Gasteiger partial charge in [0.25, 0.3) is 0 Å². The van der Waals surface area contributed by atoms with E-state index in [0.29, 0.717) is 54.5 Å².